The minimum Gasteiger partial charge on any atom is -0.496 e. The van der Waals surface area contributed by atoms with Gasteiger partial charge in [-0.1, -0.05) is 23.7 Å². The van der Waals surface area contributed by atoms with Crippen molar-refractivity contribution in [2.45, 2.75) is 19.3 Å². The van der Waals surface area contributed by atoms with Crippen LogP contribution >= 0.6 is 11.6 Å². The van der Waals surface area contributed by atoms with Crippen molar-refractivity contribution in [1.29, 1.82) is 0 Å². The highest BCUT2D eigenvalue weighted by molar-refractivity contribution is 6.33. The third-order valence-electron chi connectivity index (χ3n) is 6.56. The van der Waals surface area contributed by atoms with Crippen LogP contribution in [0.5, 0.6) is 5.75 Å². The standard InChI is InChI=1S/C25H29ClN4O4/c1-34-22-14-21(27)20(26)13-19(22)23(31)28-15-16-7-11-29(12-8-16)9-4-10-30-24(32)17-5-2-3-6-18(17)25(30)33/h2-3,5-6,13-14,16H,4,7-12,15,27H2,1H3,(H,28,31). The third kappa shape index (κ3) is 5.03. The van der Waals surface area contributed by atoms with E-state index < -0.39 is 0 Å². The summed E-state index contributed by atoms with van der Waals surface area (Å²) in [6, 6.07) is 10.1. The second-order valence-electron chi connectivity index (χ2n) is 8.73. The van der Waals surface area contributed by atoms with E-state index in [9.17, 15) is 14.4 Å². The van der Waals surface area contributed by atoms with Crippen molar-refractivity contribution in [3.05, 3.63) is 58.1 Å². The van der Waals surface area contributed by atoms with Crippen LogP contribution in [0.1, 0.15) is 50.3 Å². The van der Waals surface area contributed by atoms with Crippen LogP contribution in [0.4, 0.5) is 5.69 Å². The first-order valence-electron chi connectivity index (χ1n) is 11.5. The van der Waals surface area contributed by atoms with E-state index in [4.69, 9.17) is 22.1 Å². The van der Waals surface area contributed by atoms with Crippen molar-refractivity contribution in [3.63, 3.8) is 0 Å². The van der Waals surface area contributed by atoms with Crippen LogP contribution in [0.15, 0.2) is 36.4 Å². The van der Waals surface area contributed by atoms with Gasteiger partial charge in [-0.25, -0.2) is 0 Å². The zero-order valence-electron chi connectivity index (χ0n) is 19.2. The number of likely N-dealkylation sites (tertiary alicyclic amines) is 1. The van der Waals surface area contributed by atoms with Crippen molar-refractivity contribution in [2.75, 3.05) is 45.6 Å². The molecule has 0 spiro atoms. The maximum atomic E-state index is 12.6. The van der Waals surface area contributed by atoms with Gasteiger partial charge in [0.25, 0.3) is 17.7 Å². The molecule has 4 rings (SSSR count). The van der Waals surface area contributed by atoms with E-state index in [-0.39, 0.29) is 17.7 Å². The van der Waals surface area contributed by atoms with Crippen LogP contribution in [-0.2, 0) is 0 Å². The molecule has 3 N–H and O–H groups in total. The molecule has 0 radical (unpaired) electrons. The molecule has 2 aromatic rings. The Bertz CT molecular complexity index is 1060. The first kappa shape index (κ1) is 24.0. The number of imide groups is 1. The van der Waals surface area contributed by atoms with Crippen molar-refractivity contribution in [3.8, 4) is 5.75 Å². The Hall–Kier alpha value is -3.10. The fraction of sp³-hybridized carbons (Fsp3) is 0.400. The molecular weight excluding hydrogens is 456 g/mol. The normalized spacial score (nSPS) is 16.6. The van der Waals surface area contributed by atoms with Crippen molar-refractivity contribution < 1.29 is 19.1 Å². The Balaban J connectivity index is 1.19. The Morgan fingerprint density at radius 3 is 2.38 bits per heavy atom. The van der Waals surface area contributed by atoms with E-state index in [2.05, 4.69) is 10.2 Å². The van der Waals surface area contributed by atoms with Gasteiger partial charge in [0, 0.05) is 19.2 Å². The summed E-state index contributed by atoms with van der Waals surface area (Å²) in [5, 5.41) is 3.30. The first-order chi connectivity index (χ1) is 16.4. The molecule has 2 heterocycles. The molecule has 0 bridgehead atoms. The molecule has 0 saturated carbocycles. The quantitative estimate of drug-likeness (QED) is 0.440. The monoisotopic (exact) mass is 484 g/mol. The summed E-state index contributed by atoms with van der Waals surface area (Å²) in [7, 11) is 1.49. The minimum absolute atomic E-state index is 0.200. The molecule has 2 aromatic carbocycles. The van der Waals surface area contributed by atoms with Crippen molar-refractivity contribution in [2.24, 2.45) is 5.92 Å². The maximum Gasteiger partial charge on any atom is 0.261 e. The van der Waals surface area contributed by atoms with Gasteiger partial charge in [-0.15, -0.1) is 0 Å². The average Bonchev–Trinajstić information content (AvgIpc) is 3.09. The fourth-order valence-electron chi connectivity index (χ4n) is 4.56. The zero-order chi connectivity index (χ0) is 24.2. The molecule has 0 unspecified atom stereocenters. The number of halogens is 1. The van der Waals surface area contributed by atoms with Gasteiger partial charge in [0.05, 0.1) is 34.5 Å². The molecule has 2 aliphatic rings. The molecule has 2 aliphatic heterocycles. The number of nitrogens with one attached hydrogen (secondary N) is 1. The molecule has 1 saturated heterocycles. The Morgan fingerprint density at radius 2 is 1.76 bits per heavy atom. The highest BCUT2D eigenvalue weighted by atomic mass is 35.5. The largest absolute Gasteiger partial charge is 0.496 e. The van der Waals surface area contributed by atoms with Gasteiger partial charge in [-0.3, -0.25) is 19.3 Å². The SMILES string of the molecule is COc1cc(N)c(Cl)cc1C(=O)NCC1CCN(CCCN2C(=O)c3ccccc3C2=O)CC1. The zero-order valence-corrected chi connectivity index (χ0v) is 19.9. The molecule has 8 nitrogen and oxygen atoms in total. The second kappa shape index (κ2) is 10.4. The third-order valence-corrected chi connectivity index (χ3v) is 6.88. The number of benzene rings is 2. The number of nitrogens with two attached hydrogens (primary N) is 1. The van der Waals surface area contributed by atoms with E-state index in [0.717, 1.165) is 38.9 Å². The van der Waals surface area contributed by atoms with E-state index in [1.54, 1.807) is 30.3 Å². The molecule has 34 heavy (non-hydrogen) atoms. The molecule has 0 aromatic heterocycles. The number of rotatable bonds is 8. The van der Waals surface area contributed by atoms with Crippen LogP contribution in [0.3, 0.4) is 0 Å². The summed E-state index contributed by atoms with van der Waals surface area (Å²) in [5.74, 6) is 0.143. The highest BCUT2D eigenvalue weighted by Gasteiger charge is 2.34. The topological polar surface area (TPSA) is 105 Å². The number of methoxy groups -OCH3 is 1. The fourth-order valence-corrected chi connectivity index (χ4v) is 4.72. The smallest absolute Gasteiger partial charge is 0.261 e. The maximum absolute atomic E-state index is 12.6. The van der Waals surface area contributed by atoms with Gasteiger partial charge >= 0.3 is 0 Å². The lowest BCUT2D eigenvalue weighted by atomic mass is 9.96. The minimum atomic E-state index is -0.234. The highest BCUT2D eigenvalue weighted by Crippen LogP contribution is 2.29. The number of carbonyl (C=O) groups excluding carboxylic acids is 3. The second-order valence-corrected chi connectivity index (χ2v) is 9.14. The number of carbonyl (C=O) groups is 3. The summed E-state index contributed by atoms with van der Waals surface area (Å²) in [6.07, 6.45) is 2.67. The van der Waals surface area contributed by atoms with Crippen molar-refractivity contribution >= 4 is 35.0 Å². The molecule has 1 fully saturated rings. The number of nitrogens with zero attached hydrogens (tertiary/aromatic N) is 2. The van der Waals surface area contributed by atoms with Crippen LogP contribution in [-0.4, -0.2) is 67.4 Å². The van der Waals surface area contributed by atoms with E-state index in [0.29, 0.717) is 52.2 Å². The number of fused-ring (bicyclic) bond motifs is 1. The van der Waals surface area contributed by atoms with Crippen LogP contribution in [0, 0.1) is 5.92 Å². The lowest BCUT2D eigenvalue weighted by molar-refractivity contribution is 0.0643. The Labute approximate surface area is 204 Å². The lowest BCUT2D eigenvalue weighted by Crippen LogP contribution is -2.40. The van der Waals surface area contributed by atoms with Crippen LogP contribution in [0.2, 0.25) is 5.02 Å². The number of hydrogen-bond acceptors (Lipinski definition) is 6. The predicted molar refractivity (Wildman–Crippen MR) is 130 cm³/mol. The number of anilines is 1. The molecular formula is C25H29ClN4O4. The summed E-state index contributed by atoms with van der Waals surface area (Å²) in [6.45, 7) is 3.66. The van der Waals surface area contributed by atoms with Crippen LogP contribution in [0.25, 0.3) is 0 Å². The van der Waals surface area contributed by atoms with E-state index in [1.165, 1.54) is 18.1 Å². The van der Waals surface area contributed by atoms with Gasteiger partial charge in [0.1, 0.15) is 5.75 Å². The Kier molecular flexibility index (Phi) is 7.38. The number of piperidine rings is 1. The molecule has 9 heteroatoms. The number of hydrogen-bond donors (Lipinski definition) is 2. The molecule has 0 aliphatic carbocycles. The van der Waals surface area contributed by atoms with E-state index >= 15 is 0 Å². The average molecular weight is 485 g/mol. The summed E-state index contributed by atoms with van der Waals surface area (Å²) in [4.78, 5) is 41.3. The number of ether oxygens (including phenoxy) is 1. The Morgan fingerprint density at radius 1 is 1.12 bits per heavy atom. The number of amides is 3. The lowest BCUT2D eigenvalue weighted by Gasteiger charge is -2.32. The first-order valence-corrected chi connectivity index (χ1v) is 11.9. The summed E-state index contributed by atoms with van der Waals surface area (Å²) >= 11 is 6.07. The van der Waals surface area contributed by atoms with Crippen LogP contribution < -0.4 is 15.8 Å². The van der Waals surface area contributed by atoms with Gasteiger partial charge in [0.2, 0.25) is 0 Å². The van der Waals surface area contributed by atoms with Gasteiger partial charge in [-0.05, 0) is 63.0 Å². The van der Waals surface area contributed by atoms with Gasteiger partial charge < -0.3 is 20.7 Å². The number of nitrogen functional groups attached to an aromatic ring is 1. The van der Waals surface area contributed by atoms with Gasteiger partial charge in [0.15, 0.2) is 0 Å². The molecule has 180 valence electrons. The summed E-state index contributed by atoms with van der Waals surface area (Å²) in [5.41, 5.74) is 7.51. The summed E-state index contributed by atoms with van der Waals surface area (Å²) < 4.78 is 5.26. The molecule has 3 amide bonds. The van der Waals surface area contributed by atoms with E-state index in [1.807, 2.05) is 0 Å². The van der Waals surface area contributed by atoms with Gasteiger partial charge in [-0.2, -0.15) is 0 Å². The predicted octanol–water partition coefficient (Wildman–Crippen LogP) is 3.06. The van der Waals surface area contributed by atoms with Crippen molar-refractivity contribution in [1.82, 2.24) is 15.1 Å². The molecule has 0 atom stereocenters.